The predicted octanol–water partition coefficient (Wildman–Crippen LogP) is 4.28. The van der Waals surface area contributed by atoms with Crippen LogP contribution < -0.4 is 9.62 Å². The van der Waals surface area contributed by atoms with Crippen molar-refractivity contribution in [2.45, 2.75) is 26.8 Å². The van der Waals surface area contributed by atoms with E-state index in [-0.39, 0.29) is 18.5 Å². The van der Waals surface area contributed by atoms with Crippen molar-refractivity contribution < 1.29 is 13.2 Å². The van der Waals surface area contributed by atoms with Gasteiger partial charge in [-0.05, 0) is 55.2 Å². The SMILES string of the molecule is Cc1ccc([C@@H](NC(=O)CN(c2ccc(C)c(C)c2)S(C)(=O)=O)c2ccccc2)cc1. The van der Waals surface area contributed by atoms with Crippen molar-refractivity contribution in [1.29, 1.82) is 0 Å². The summed E-state index contributed by atoms with van der Waals surface area (Å²) in [4.78, 5) is 13.0. The van der Waals surface area contributed by atoms with E-state index in [4.69, 9.17) is 0 Å². The molecular weight excluding hydrogens is 408 g/mol. The number of aryl methyl sites for hydroxylation is 3. The van der Waals surface area contributed by atoms with E-state index in [2.05, 4.69) is 5.32 Å². The average molecular weight is 437 g/mol. The van der Waals surface area contributed by atoms with Crippen molar-refractivity contribution in [2.75, 3.05) is 17.1 Å². The van der Waals surface area contributed by atoms with E-state index in [0.717, 1.165) is 38.4 Å². The van der Waals surface area contributed by atoms with Gasteiger partial charge >= 0.3 is 0 Å². The van der Waals surface area contributed by atoms with Crippen LogP contribution in [0.1, 0.15) is 33.9 Å². The summed E-state index contributed by atoms with van der Waals surface area (Å²) in [6.07, 6.45) is 1.12. The van der Waals surface area contributed by atoms with E-state index in [1.54, 1.807) is 12.1 Å². The minimum Gasteiger partial charge on any atom is -0.344 e. The Kier molecular flexibility index (Phi) is 6.81. The smallest absolute Gasteiger partial charge is 0.241 e. The molecule has 0 aliphatic heterocycles. The first-order valence-electron chi connectivity index (χ1n) is 10.1. The number of carbonyl (C=O) groups excluding carboxylic acids is 1. The van der Waals surface area contributed by atoms with Crippen LogP contribution in [0.2, 0.25) is 0 Å². The van der Waals surface area contributed by atoms with E-state index in [1.165, 1.54) is 0 Å². The predicted molar refractivity (Wildman–Crippen MR) is 126 cm³/mol. The molecule has 0 saturated carbocycles. The number of anilines is 1. The fourth-order valence-corrected chi connectivity index (χ4v) is 4.23. The average Bonchev–Trinajstić information content (AvgIpc) is 2.73. The topological polar surface area (TPSA) is 66.5 Å². The maximum absolute atomic E-state index is 13.0. The monoisotopic (exact) mass is 436 g/mol. The number of carbonyl (C=O) groups is 1. The molecule has 0 aromatic heterocycles. The molecule has 0 bridgehead atoms. The molecule has 5 nitrogen and oxygen atoms in total. The van der Waals surface area contributed by atoms with E-state index in [1.807, 2.05) is 81.4 Å². The number of amides is 1. The maximum atomic E-state index is 13.0. The van der Waals surface area contributed by atoms with Crippen molar-refractivity contribution in [3.05, 3.63) is 101 Å². The lowest BCUT2D eigenvalue weighted by atomic mass is 9.98. The number of nitrogens with one attached hydrogen (secondary N) is 1. The molecule has 3 rings (SSSR count). The zero-order valence-electron chi connectivity index (χ0n) is 18.3. The Morgan fingerprint density at radius 1 is 0.871 bits per heavy atom. The van der Waals surface area contributed by atoms with Gasteiger partial charge in [0.2, 0.25) is 15.9 Å². The Hall–Kier alpha value is -3.12. The van der Waals surface area contributed by atoms with Gasteiger partial charge in [-0.3, -0.25) is 9.10 Å². The summed E-state index contributed by atoms with van der Waals surface area (Å²) in [5.41, 5.74) is 5.49. The molecular formula is C25H28N2O3S. The lowest BCUT2D eigenvalue weighted by molar-refractivity contribution is -0.120. The third-order valence-corrected chi connectivity index (χ3v) is 6.46. The molecule has 3 aromatic rings. The van der Waals surface area contributed by atoms with E-state index in [0.29, 0.717) is 5.69 Å². The van der Waals surface area contributed by atoms with Crippen LogP contribution >= 0.6 is 0 Å². The van der Waals surface area contributed by atoms with Crippen molar-refractivity contribution in [2.24, 2.45) is 0 Å². The zero-order valence-corrected chi connectivity index (χ0v) is 19.1. The van der Waals surface area contributed by atoms with E-state index in [9.17, 15) is 13.2 Å². The number of benzene rings is 3. The third-order valence-electron chi connectivity index (χ3n) is 5.31. The molecule has 1 atom stereocenters. The Morgan fingerprint density at radius 3 is 2.06 bits per heavy atom. The molecule has 0 unspecified atom stereocenters. The van der Waals surface area contributed by atoms with Crippen molar-refractivity contribution in [3.8, 4) is 0 Å². The van der Waals surface area contributed by atoms with Crippen LogP contribution in [-0.4, -0.2) is 27.1 Å². The summed E-state index contributed by atoms with van der Waals surface area (Å²) in [7, 11) is -3.64. The second-order valence-electron chi connectivity index (χ2n) is 7.86. The standard InChI is InChI=1S/C25H28N2O3S/c1-18-10-13-22(14-11-18)25(21-8-6-5-7-9-21)26-24(28)17-27(31(4,29)30)23-15-12-19(2)20(3)16-23/h5-16,25H,17H2,1-4H3,(H,26,28)/t25-/m0/s1. The van der Waals surface area contributed by atoms with E-state index >= 15 is 0 Å². The molecule has 1 N–H and O–H groups in total. The van der Waals surface area contributed by atoms with Crippen LogP contribution in [0, 0.1) is 20.8 Å². The molecule has 0 saturated heterocycles. The summed E-state index contributed by atoms with van der Waals surface area (Å²) < 4.78 is 26.1. The number of sulfonamides is 1. The molecule has 31 heavy (non-hydrogen) atoms. The van der Waals surface area contributed by atoms with Crippen molar-refractivity contribution in [3.63, 3.8) is 0 Å². The molecule has 6 heteroatoms. The maximum Gasteiger partial charge on any atom is 0.241 e. The Balaban J connectivity index is 1.89. The highest BCUT2D eigenvalue weighted by atomic mass is 32.2. The Bertz CT molecular complexity index is 1160. The van der Waals surface area contributed by atoms with Gasteiger partial charge in [-0.2, -0.15) is 0 Å². The summed E-state index contributed by atoms with van der Waals surface area (Å²) in [5.74, 6) is -0.377. The van der Waals surface area contributed by atoms with Gasteiger partial charge in [0.15, 0.2) is 0 Å². The number of hydrogen-bond donors (Lipinski definition) is 1. The fourth-order valence-electron chi connectivity index (χ4n) is 3.38. The molecule has 0 aliphatic rings. The minimum absolute atomic E-state index is 0.295. The fraction of sp³-hybridized carbons (Fsp3) is 0.240. The summed E-state index contributed by atoms with van der Waals surface area (Å²) in [6, 6.07) is 22.6. The first-order chi connectivity index (χ1) is 14.6. The van der Waals surface area contributed by atoms with Gasteiger partial charge in [0.1, 0.15) is 6.54 Å². The van der Waals surface area contributed by atoms with Crippen LogP contribution in [0.3, 0.4) is 0 Å². The molecule has 0 radical (unpaired) electrons. The van der Waals surface area contributed by atoms with Crippen LogP contribution in [0.25, 0.3) is 0 Å². The summed E-state index contributed by atoms with van der Waals surface area (Å²) >= 11 is 0. The second-order valence-corrected chi connectivity index (χ2v) is 9.77. The molecule has 0 heterocycles. The van der Waals surface area contributed by atoms with Crippen LogP contribution in [0.4, 0.5) is 5.69 Å². The normalized spacial score (nSPS) is 12.3. The van der Waals surface area contributed by atoms with Crippen molar-refractivity contribution in [1.82, 2.24) is 5.32 Å². The minimum atomic E-state index is -3.64. The lowest BCUT2D eigenvalue weighted by Crippen LogP contribution is -2.41. The van der Waals surface area contributed by atoms with Gasteiger partial charge < -0.3 is 5.32 Å². The van der Waals surface area contributed by atoms with E-state index < -0.39 is 10.0 Å². The largest absolute Gasteiger partial charge is 0.344 e. The number of hydrogen-bond acceptors (Lipinski definition) is 3. The number of rotatable bonds is 7. The van der Waals surface area contributed by atoms with Gasteiger partial charge in [0.25, 0.3) is 0 Å². The van der Waals surface area contributed by atoms with Crippen LogP contribution in [-0.2, 0) is 14.8 Å². The Morgan fingerprint density at radius 2 is 1.48 bits per heavy atom. The summed E-state index contributed by atoms with van der Waals surface area (Å²) in [5, 5.41) is 3.02. The van der Waals surface area contributed by atoms with Gasteiger partial charge in [-0.25, -0.2) is 8.42 Å². The molecule has 0 fully saturated rings. The first kappa shape index (κ1) is 22.6. The lowest BCUT2D eigenvalue weighted by Gasteiger charge is -2.25. The molecule has 0 aliphatic carbocycles. The summed E-state index contributed by atoms with van der Waals surface area (Å²) in [6.45, 7) is 5.59. The quantitative estimate of drug-likeness (QED) is 0.601. The highest BCUT2D eigenvalue weighted by Gasteiger charge is 2.24. The third kappa shape index (κ3) is 5.73. The van der Waals surface area contributed by atoms with Crippen molar-refractivity contribution >= 4 is 21.6 Å². The molecule has 3 aromatic carbocycles. The van der Waals surface area contributed by atoms with Gasteiger partial charge in [0, 0.05) is 0 Å². The second kappa shape index (κ2) is 9.35. The highest BCUT2D eigenvalue weighted by molar-refractivity contribution is 7.92. The van der Waals surface area contributed by atoms with Gasteiger partial charge in [-0.1, -0.05) is 66.2 Å². The Labute approximate surface area is 184 Å². The molecule has 0 spiro atoms. The first-order valence-corrected chi connectivity index (χ1v) is 12.0. The molecule has 162 valence electrons. The van der Waals surface area contributed by atoms with Crippen LogP contribution in [0.15, 0.2) is 72.8 Å². The number of nitrogens with zero attached hydrogens (tertiary/aromatic N) is 1. The molecule has 1 amide bonds. The zero-order chi connectivity index (χ0) is 22.6. The highest BCUT2D eigenvalue weighted by Crippen LogP contribution is 2.24. The van der Waals surface area contributed by atoms with Gasteiger partial charge in [-0.15, -0.1) is 0 Å². The van der Waals surface area contributed by atoms with Gasteiger partial charge in [0.05, 0.1) is 18.0 Å². The van der Waals surface area contributed by atoms with Crippen LogP contribution in [0.5, 0.6) is 0 Å².